The van der Waals surface area contributed by atoms with Crippen molar-refractivity contribution in [2.45, 2.75) is 45.7 Å². The Labute approximate surface area is 123 Å². The van der Waals surface area contributed by atoms with Gasteiger partial charge in [0.25, 0.3) is 0 Å². The third-order valence-corrected chi connectivity index (χ3v) is 5.12. The summed E-state index contributed by atoms with van der Waals surface area (Å²) in [6.45, 7) is 9.57. The van der Waals surface area contributed by atoms with Crippen LogP contribution in [0.25, 0.3) is 0 Å². The van der Waals surface area contributed by atoms with Gasteiger partial charge in [0, 0.05) is 19.1 Å². The van der Waals surface area contributed by atoms with Crippen molar-refractivity contribution in [3.05, 3.63) is 35.9 Å². The second-order valence-electron chi connectivity index (χ2n) is 7.36. The lowest BCUT2D eigenvalue weighted by Crippen LogP contribution is -2.46. The molecular weight excluding hydrogens is 244 g/mol. The van der Waals surface area contributed by atoms with Gasteiger partial charge in [-0.05, 0) is 49.2 Å². The van der Waals surface area contributed by atoms with Crippen LogP contribution in [0, 0.1) is 11.3 Å². The van der Waals surface area contributed by atoms with Gasteiger partial charge in [0.05, 0.1) is 0 Å². The van der Waals surface area contributed by atoms with Crippen molar-refractivity contribution in [1.29, 1.82) is 0 Å². The monoisotopic (exact) mass is 272 g/mol. The second-order valence-corrected chi connectivity index (χ2v) is 7.36. The van der Waals surface area contributed by atoms with Crippen molar-refractivity contribution < 1.29 is 0 Å². The molecule has 0 amide bonds. The zero-order valence-corrected chi connectivity index (χ0v) is 12.9. The summed E-state index contributed by atoms with van der Waals surface area (Å²) < 4.78 is 0. The predicted octanol–water partition coefficient (Wildman–Crippen LogP) is 3.29. The summed E-state index contributed by atoms with van der Waals surface area (Å²) in [6.07, 6.45) is 4.08. The molecule has 2 aliphatic rings. The maximum Gasteiger partial charge on any atom is 0.0234 e. The lowest BCUT2D eigenvalue weighted by atomic mass is 10.0. The van der Waals surface area contributed by atoms with Crippen molar-refractivity contribution in [2.24, 2.45) is 11.3 Å². The van der Waals surface area contributed by atoms with Crippen LogP contribution in [0.15, 0.2) is 30.3 Å². The fourth-order valence-corrected chi connectivity index (χ4v) is 3.44. The van der Waals surface area contributed by atoms with Crippen molar-refractivity contribution in [3.8, 4) is 0 Å². The Morgan fingerprint density at radius 3 is 2.70 bits per heavy atom. The van der Waals surface area contributed by atoms with Gasteiger partial charge in [0.2, 0.25) is 0 Å². The number of nitrogens with zero attached hydrogens (tertiary/aromatic N) is 1. The summed E-state index contributed by atoms with van der Waals surface area (Å²) in [6, 6.07) is 11.6. The summed E-state index contributed by atoms with van der Waals surface area (Å²) >= 11 is 0. The molecule has 0 radical (unpaired) electrons. The molecule has 1 N–H and O–H groups in total. The van der Waals surface area contributed by atoms with Crippen molar-refractivity contribution in [2.75, 3.05) is 19.6 Å². The molecule has 0 aromatic heterocycles. The molecule has 2 nitrogen and oxygen atoms in total. The number of hydrogen-bond acceptors (Lipinski definition) is 2. The SMILES string of the molecule is CC1(C)CC1CNC1CCCN(Cc2ccccc2)C1. The van der Waals surface area contributed by atoms with E-state index in [1.54, 1.807) is 0 Å². The highest BCUT2D eigenvalue weighted by Crippen LogP contribution is 2.51. The van der Waals surface area contributed by atoms with Gasteiger partial charge in [-0.1, -0.05) is 44.2 Å². The van der Waals surface area contributed by atoms with Crippen LogP contribution in [0.5, 0.6) is 0 Å². The molecule has 1 aliphatic heterocycles. The smallest absolute Gasteiger partial charge is 0.0234 e. The molecule has 3 rings (SSSR count). The van der Waals surface area contributed by atoms with E-state index in [4.69, 9.17) is 0 Å². The fraction of sp³-hybridized carbons (Fsp3) is 0.667. The minimum atomic E-state index is 0.603. The van der Waals surface area contributed by atoms with Crippen LogP contribution in [-0.4, -0.2) is 30.6 Å². The first-order chi connectivity index (χ1) is 9.63. The third kappa shape index (κ3) is 3.62. The lowest BCUT2D eigenvalue weighted by Gasteiger charge is -2.33. The molecular formula is C18H28N2. The molecule has 1 heterocycles. The summed E-state index contributed by atoms with van der Waals surface area (Å²) in [5, 5.41) is 3.81. The van der Waals surface area contributed by atoms with E-state index in [2.05, 4.69) is 54.4 Å². The van der Waals surface area contributed by atoms with E-state index in [1.165, 1.54) is 44.5 Å². The summed E-state index contributed by atoms with van der Waals surface area (Å²) in [5.41, 5.74) is 2.04. The highest BCUT2D eigenvalue weighted by Gasteiger charge is 2.45. The molecule has 2 atom stereocenters. The van der Waals surface area contributed by atoms with E-state index in [1.807, 2.05) is 0 Å². The molecule has 1 saturated heterocycles. The number of rotatable bonds is 5. The first kappa shape index (κ1) is 14.1. The Balaban J connectivity index is 1.44. The molecule has 1 aliphatic carbocycles. The predicted molar refractivity (Wildman–Crippen MR) is 84.6 cm³/mol. The third-order valence-electron chi connectivity index (χ3n) is 5.12. The Morgan fingerprint density at radius 1 is 1.25 bits per heavy atom. The molecule has 0 bridgehead atoms. The van der Waals surface area contributed by atoms with E-state index < -0.39 is 0 Å². The maximum absolute atomic E-state index is 3.81. The molecule has 2 heteroatoms. The van der Waals surface area contributed by atoms with Gasteiger partial charge in [-0.2, -0.15) is 0 Å². The Kier molecular flexibility index (Phi) is 4.13. The van der Waals surface area contributed by atoms with E-state index in [-0.39, 0.29) is 0 Å². The number of nitrogens with one attached hydrogen (secondary N) is 1. The molecule has 0 spiro atoms. The molecule has 1 saturated carbocycles. The Morgan fingerprint density at radius 2 is 2.00 bits per heavy atom. The van der Waals surface area contributed by atoms with Crippen LogP contribution in [0.4, 0.5) is 0 Å². The van der Waals surface area contributed by atoms with Crippen molar-refractivity contribution in [1.82, 2.24) is 10.2 Å². The number of benzene rings is 1. The van der Waals surface area contributed by atoms with Crippen LogP contribution < -0.4 is 5.32 Å². The highest BCUT2D eigenvalue weighted by atomic mass is 15.2. The van der Waals surface area contributed by atoms with Crippen LogP contribution >= 0.6 is 0 Å². The van der Waals surface area contributed by atoms with Gasteiger partial charge in [-0.25, -0.2) is 0 Å². The average molecular weight is 272 g/mol. The minimum absolute atomic E-state index is 0.603. The standard InChI is InChI=1S/C18H28N2/c1-18(2)11-16(18)12-19-17-9-6-10-20(14-17)13-15-7-4-3-5-8-15/h3-5,7-8,16-17,19H,6,9-14H2,1-2H3. The van der Waals surface area contributed by atoms with Crippen LogP contribution in [0.1, 0.15) is 38.7 Å². The molecule has 2 fully saturated rings. The molecule has 1 aromatic carbocycles. The lowest BCUT2D eigenvalue weighted by molar-refractivity contribution is 0.182. The molecule has 1 aromatic rings. The van der Waals surface area contributed by atoms with E-state index in [0.29, 0.717) is 11.5 Å². The largest absolute Gasteiger partial charge is 0.312 e. The maximum atomic E-state index is 3.81. The topological polar surface area (TPSA) is 15.3 Å². The zero-order valence-electron chi connectivity index (χ0n) is 12.9. The fourth-order valence-electron chi connectivity index (χ4n) is 3.44. The van der Waals surface area contributed by atoms with Gasteiger partial charge in [-0.3, -0.25) is 4.90 Å². The molecule has 110 valence electrons. The van der Waals surface area contributed by atoms with E-state index in [0.717, 1.165) is 12.5 Å². The van der Waals surface area contributed by atoms with Crippen molar-refractivity contribution >= 4 is 0 Å². The summed E-state index contributed by atoms with van der Waals surface area (Å²) in [5.74, 6) is 0.909. The Hall–Kier alpha value is -0.860. The highest BCUT2D eigenvalue weighted by molar-refractivity contribution is 5.14. The summed E-state index contributed by atoms with van der Waals surface area (Å²) in [4.78, 5) is 2.61. The van der Waals surface area contributed by atoms with Gasteiger partial charge in [-0.15, -0.1) is 0 Å². The molecule has 20 heavy (non-hydrogen) atoms. The van der Waals surface area contributed by atoms with Crippen molar-refractivity contribution in [3.63, 3.8) is 0 Å². The zero-order chi connectivity index (χ0) is 14.0. The van der Waals surface area contributed by atoms with E-state index in [9.17, 15) is 0 Å². The number of hydrogen-bond donors (Lipinski definition) is 1. The van der Waals surface area contributed by atoms with Gasteiger partial charge in [0.15, 0.2) is 0 Å². The summed E-state index contributed by atoms with van der Waals surface area (Å²) in [7, 11) is 0. The Bertz CT molecular complexity index is 426. The minimum Gasteiger partial charge on any atom is -0.312 e. The van der Waals surface area contributed by atoms with Crippen LogP contribution in [-0.2, 0) is 6.54 Å². The van der Waals surface area contributed by atoms with Gasteiger partial charge >= 0.3 is 0 Å². The van der Waals surface area contributed by atoms with E-state index >= 15 is 0 Å². The van der Waals surface area contributed by atoms with Gasteiger partial charge < -0.3 is 5.32 Å². The number of likely N-dealkylation sites (tertiary alicyclic amines) is 1. The van der Waals surface area contributed by atoms with Gasteiger partial charge in [0.1, 0.15) is 0 Å². The number of piperidine rings is 1. The quantitative estimate of drug-likeness (QED) is 0.885. The van der Waals surface area contributed by atoms with Crippen LogP contribution in [0.3, 0.4) is 0 Å². The van der Waals surface area contributed by atoms with Crippen LogP contribution in [0.2, 0.25) is 0 Å². The average Bonchev–Trinajstić information content (AvgIpc) is 3.06. The first-order valence-electron chi connectivity index (χ1n) is 8.13. The second kappa shape index (κ2) is 5.87. The normalized spacial score (nSPS) is 29.3. The first-order valence-corrected chi connectivity index (χ1v) is 8.13. The molecule has 2 unspecified atom stereocenters.